The van der Waals surface area contributed by atoms with Crippen molar-refractivity contribution in [3.8, 4) is 0 Å². The smallest absolute Gasteiger partial charge is 0.167 e. The molecule has 0 N–H and O–H groups in total. The Hall–Kier alpha value is -1.22. The second-order valence-electron chi connectivity index (χ2n) is 4.23. The number of Topliss-reactive ketones (excluding diaryl/α,β-unsaturated/α-hetero) is 1. The number of rotatable bonds is 5. The molecule has 0 amide bonds. The summed E-state index contributed by atoms with van der Waals surface area (Å²) in [5.74, 6) is 0.962. The van der Waals surface area contributed by atoms with Crippen molar-refractivity contribution in [1.82, 2.24) is 4.90 Å². The van der Waals surface area contributed by atoms with E-state index < -0.39 is 0 Å². The molecule has 1 aromatic rings. The van der Waals surface area contributed by atoms with Gasteiger partial charge in [0.05, 0.1) is 4.91 Å². The summed E-state index contributed by atoms with van der Waals surface area (Å²) < 4.78 is 0. The van der Waals surface area contributed by atoms with Crippen molar-refractivity contribution in [3.63, 3.8) is 0 Å². The number of aryl methyl sites for hydroxylation is 1. The zero-order valence-electron chi connectivity index (χ0n) is 10.9. The van der Waals surface area contributed by atoms with Crippen LogP contribution in [-0.2, 0) is 10.5 Å². The van der Waals surface area contributed by atoms with Crippen LogP contribution in [0.25, 0.3) is 0 Å². The van der Waals surface area contributed by atoms with Crippen molar-refractivity contribution in [2.24, 2.45) is 0 Å². The first-order valence-corrected chi connectivity index (χ1v) is 6.55. The molecule has 0 bridgehead atoms. The summed E-state index contributed by atoms with van der Waals surface area (Å²) in [5, 5.41) is 0. The van der Waals surface area contributed by atoms with Crippen molar-refractivity contribution in [1.29, 1.82) is 0 Å². The third kappa shape index (κ3) is 4.65. The van der Waals surface area contributed by atoms with Gasteiger partial charge in [-0.05, 0) is 25.0 Å². The van der Waals surface area contributed by atoms with Crippen LogP contribution in [0.1, 0.15) is 18.1 Å². The lowest BCUT2D eigenvalue weighted by molar-refractivity contribution is -0.113. The number of allylic oxidation sites excluding steroid dienone is 1. The monoisotopic (exact) mass is 249 g/mol. The zero-order chi connectivity index (χ0) is 12.8. The number of benzene rings is 1. The molecule has 0 aliphatic rings. The van der Waals surface area contributed by atoms with Gasteiger partial charge in [-0.15, -0.1) is 11.8 Å². The number of hydrogen-bond donors (Lipinski definition) is 0. The summed E-state index contributed by atoms with van der Waals surface area (Å²) in [6.45, 7) is 3.71. The van der Waals surface area contributed by atoms with Gasteiger partial charge < -0.3 is 4.90 Å². The molecule has 0 aliphatic heterocycles. The van der Waals surface area contributed by atoms with E-state index in [1.807, 2.05) is 37.3 Å². The van der Waals surface area contributed by atoms with Gasteiger partial charge in [0, 0.05) is 26.0 Å². The van der Waals surface area contributed by atoms with E-state index in [-0.39, 0.29) is 5.78 Å². The van der Waals surface area contributed by atoms with Gasteiger partial charge in [-0.3, -0.25) is 4.79 Å². The van der Waals surface area contributed by atoms with Crippen molar-refractivity contribution >= 4 is 17.5 Å². The van der Waals surface area contributed by atoms with E-state index in [0.29, 0.717) is 0 Å². The van der Waals surface area contributed by atoms with E-state index in [1.54, 1.807) is 18.7 Å². The van der Waals surface area contributed by atoms with Gasteiger partial charge in [-0.2, -0.15) is 0 Å². The van der Waals surface area contributed by atoms with Crippen LogP contribution in [0.3, 0.4) is 0 Å². The van der Waals surface area contributed by atoms with E-state index in [1.165, 1.54) is 11.1 Å². The summed E-state index contributed by atoms with van der Waals surface area (Å²) in [6.07, 6.45) is 1.88. The molecule has 0 saturated heterocycles. The maximum absolute atomic E-state index is 11.5. The van der Waals surface area contributed by atoms with Crippen LogP contribution in [-0.4, -0.2) is 24.8 Å². The number of carbonyl (C=O) groups is 1. The lowest BCUT2D eigenvalue weighted by atomic mass is 10.1. The topological polar surface area (TPSA) is 20.3 Å². The highest BCUT2D eigenvalue weighted by Gasteiger charge is 2.06. The highest BCUT2D eigenvalue weighted by Crippen LogP contribution is 2.23. The fourth-order valence-electron chi connectivity index (χ4n) is 1.39. The van der Waals surface area contributed by atoms with Gasteiger partial charge in [0.25, 0.3) is 0 Å². The first-order chi connectivity index (χ1) is 8.00. The first kappa shape index (κ1) is 13.8. The van der Waals surface area contributed by atoms with Gasteiger partial charge in [-0.1, -0.05) is 24.3 Å². The Kier molecular flexibility index (Phi) is 5.29. The lowest BCUT2D eigenvalue weighted by Gasteiger charge is -2.10. The van der Waals surface area contributed by atoms with Gasteiger partial charge >= 0.3 is 0 Å². The lowest BCUT2D eigenvalue weighted by Crippen LogP contribution is -2.05. The molecule has 92 valence electrons. The SMILES string of the molecule is CC(=O)/C(=C/N(C)C)SCc1ccccc1C. The van der Waals surface area contributed by atoms with Crippen molar-refractivity contribution in [2.45, 2.75) is 19.6 Å². The standard InChI is InChI=1S/C14H19NOS/c1-11-7-5-6-8-13(11)10-17-14(12(2)16)9-15(3)4/h5-9H,10H2,1-4H3/b14-9-. The van der Waals surface area contributed by atoms with Gasteiger partial charge in [0.1, 0.15) is 0 Å². The van der Waals surface area contributed by atoms with E-state index in [9.17, 15) is 4.79 Å². The average molecular weight is 249 g/mol. The van der Waals surface area contributed by atoms with Crippen molar-refractivity contribution in [2.75, 3.05) is 14.1 Å². The van der Waals surface area contributed by atoms with Crippen LogP contribution >= 0.6 is 11.8 Å². The third-order valence-electron chi connectivity index (χ3n) is 2.37. The maximum atomic E-state index is 11.5. The van der Waals surface area contributed by atoms with Crippen LogP contribution < -0.4 is 0 Å². The van der Waals surface area contributed by atoms with Crippen molar-refractivity contribution in [3.05, 3.63) is 46.5 Å². The average Bonchev–Trinajstić information content (AvgIpc) is 2.25. The molecular weight excluding hydrogens is 230 g/mol. The Morgan fingerprint density at radius 3 is 2.53 bits per heavy atom. The molecule has 3 heteroatoms. The van der Waals surface area contributed by atoms with E-state index >= 15 is 0 Å². The second kappa shape index (κ2) is 6.50. The Morgan fingerprint density at radius 2 is 2.00 bits per heavy atom. The number of carbonyl (C=O) groups excluding carboxylic acids is 1. The highest BCUT2D eigenvalue weighted by molar-refractivity contribution is 8.03. The molecule has 0 atom stereocenters. The van der Waals surface area contributed by atoms with Crippen LogP contribution in [0.4, 0.5) is 0 Å². The Balaban J connectivity index is 2.71. The molecule has 0 radical (unpaired) electrons. The van der Waals surface area contributed by atoms with Gasteiger partial charge in [-0.25, -0.2) is 0 Å². The molecule has 17 heavy (non-hydrogen) atoms. The predicted molar refractivity (Wildman–Crippen MR) is 74.9 cm³/mol. The molecular formula is C14H19NOS. The minimum atomic E-state index is 0.122. The molecule has 1 rings (SSSR count). The highest BCUT2D eigenvalue weighted by atomic mass is 32.2. The Morgan fingerprint density at radius 1 is 1.35 bits per heavy atom. The first-order valence-electron chi connectivity index (χ1n) is 5.57. The number of ketones is 1. The molecule has 0 unspecified atom stereocenters. The van der Waals surface area contributed by atoms with Crippen LogP contribution in [0.2, 0.25) is 0 Å². The minimum absolute atomic E-state index is 0.122. The van der Waals surface area contributed by atoms with Crippen LogP contribution in [0.5, 0.6) is 0 Å². The molecule has 0 saturated carbocycles. The minimum Gasteiger partial charge on any atom is -0.382 e. The third-order valence-corrected chi connectivity index (χ3v) is 3.53. The summed E-state index contributed by atoms with van der Waals surface area (Å²) in [4.78, 5) is 14.2. The normalized spacial score (nSPS) is 11.4. The largest absolute Gasteiger partial charge is 0.382 e. The molecule has 0 aromatic heterocycles. The second-order valence-corrected chi connectivity index (χ2v) is 5.25. The fraction of sp³-hybridized carbons (Fsp3) is 0.357. The Labute approximate surface area is 108 Å². The Bertz CT molecular complexity index is 424. The molecule has 1 aromatic carbocycles. The maximum Gasteiger partial charge on any atom is 0.167 e. The van der Waals surface area contributed by atoms with E-state index in [2.05, 4.69) is 19.1 Å². The quantitative estimate of drug-likeness (QED) is 0.747. The van der Waals surface area contributed by atoms with E-state index in [4.69, 9.17) is 0 Å². The fourth-order valence-corrected chi connectivity index (χ4v) is 2.52. The number of thioether (sulfide) groups is 1. The predicted octanol–water partition coefficient (Wildman–Crippen LogP) is 3.22. The molecule has 2 nitrogen and oxygen atoms in total. The zero-order valence-corrected chi connectivity index (χ0v) is 11.7. The molecule has 0 heterocycles. The summed E-state index contributed by atoms with van der Waals surface area (Å²) >= 11 is 1.60. The number of hydrogen-bond acceptors (Lipinski definition) is 3. The van der Waals surface area contributed by atoms with Crippen LogP contribution in [0.15, 0.2) is 35.4 Å². The number of nitrogens with zero attached hydrogens (tertiary/aromatic N) is 1. The van der Waals surface area contributed by atoms with Gasteiger partial charge in [0.2, 0.25) is 0 Å². The van der Waals surface area contributed by atoms with Crippen LogP contribution in [0, 0.1) is 6.92 Å². The summed E-state index contributed by atoms with van der Waals surface area (Å²) in [7, 11) is 3.86. The molecule has 0 fully saturated rings. The summed E-state index contributed by atoms with van der Waals surface area (Å²) in [5.41, 5.74) is 2.55. The van der Waals surface area contributed by atoms with Gasteiger partial charge in [0.15, 0.2) is 5.78 Å². The van der Waals surface area contributed by atoms with Crippen molar-refractivity contribution < 1.29 is 4.79 Å². The van der Waals surface area contributed by atoms with E-state index in [0.717, 1.165) is 10.7 Å². The summed E-state index contributed by atoms with van der Waals surface area (Å²) in [6, 6.07) is 8.27. The molecule has 0 aliphatic carbocycles. The molecule has 0 spiro atoms.